The molecule has 0 heterocycles. The van der Waals surface area contributed by atoms with Crippen molar-refractivity contribution >= 4 is 11.7 Å². The van der Waals surface area contributed by atoms with E-state index in [0.29, 0.717) is 0 Å². The summed E-state index contributed by atoms with van der Waals surface area (Å²) in [5.41, 5.74) is -0.246. The molecule has 0 aliphatic rings. The van der Waals surface area contributed by atoms with E-state index < -0.39 is 18.7 Å². The van der Waals surface area contributed by atoms with Crippen molar-refractivity contribution < 1.29 is 23.4 Å². The van der Waals surface area contributed by atoms with E-state index in [2.05, 4.69) is 15.4 Å². The van der Waals surface area contributed by atoms with Crippen LogP contribution in [0.4, 0.5) is 19.3 Å². The number of benzene rings is 1. The van der Waals surface area contributed by atoms with Gasteiger partial charge < -0.3 is 20.5 Å². The molecule has 0 bridgehead atoms. The highest BCUT2D eigenvalue weighted by Crippen LogP contribution is 2.25. The summed E-state index contributed by atoms with van der Waals surface area (Å²) in [6.45, 7) is 2.58. The fraction of sp³-hybridized carbons (Fsp3) is 0.500. The lowest BCUT2D eigenvalue weighted by molar-refractivity contribution is -0.0493. The van der Waals surface area contributed by atoms with Gasteiger partial charge in [-0.1, -0.05) is 32.9 Å². The lowest BCUT2D eigenvalue weighted by Gasteiger charge is -2.25. The quantitative estimate of drug-likeness (QED) is 0.783. The van der Waals surface area contributed by atoms with E-state index in [-0.39, 0.29) is 23.4 Å². The number of carbonyl (C=O) groups excluding carboxylic acids is 1. The van der Waals surface area contributed by atoms with Crippen molar-refractivity contribution in [1.29, 1.82) is 0 Å². The molecule has 0 aliphatic heterocycles. The Hall–Kier alpha value is -1.89. The number of anilines is 1. The first-order chi connectivity index (χ1) is 9.70. The summed E-state index contributed by atoms with van der Waals surface area (Å²) in [7, 11) is 0. The van der Waals surface area contributed by atoms with E-state index in [1.54, 1.807) is 6.07 Å². The minimum absolute atomic E-state index is 0.0488. The first-order valence-corrected chi connectivity index (χ1v) is 6.47. The number of ether oxygens (including phenoxy) is 1. The highest BCUT2D eigenvalue weighted by molar-refractivity contribution is 5.90. The van der Waals surface area contributed by atoms with E-state index in [1.165, 1.54) is 18.2 Å². The number of alkyl halides is 2. The zero-order valence-electron chi connectivity index (χ0n) is 12.2. The first-order valence-electron chi connectivity index (χ1n) is 6.47. The lowest BCUT2D eigenvalue weighted by Crippen LogP contribution is -2.40. The molecule has 1 aromatic rings. The second kappa shape index (κ2) is 7.21. The number of hydrogen-bond acceptors (Lipinski definition) is 3. The number of urea groups is 1. The van der Waals surface area contributed by atoms with Crippen molar-refractivity contribution in [2.75, 3.05) is 11.9 Å². The zero-order valence-corrected chi connectivity index (χ0v) is 12.2. The van der Waals surface area contributed by atoms with Gasteiger partial charge in [-0.05, 0) is 17.5 Å². The van der Waals surface area contributed by atoms with Gasteiger partial charge in [0.1, 0.15) is 5.75 Å². The molecule has 3 N–H and O–H groups in total. The molecule has 0 radical (unpaired) electrons. The van der Waals surface area contributed by atoms with Crippen LogP contribution in [0.2, 0.25) is 0 Å². The van der Waals surface area contributed by atoms with Gasteiger partial charge in [-0.3, -0.25) is 0 Å². The molecular weight excluding hydrogens is 282 g/mol. The maximum absolute atomic E-state index is 12.2. The lowest BCUT2D eigenvalue weighted by atomic mass is 9.89. The molecule has 0 fully saturated rings. The third-order valence-electron chi connectivity index (χ3n) is 2.81. The van der Waals surface area contributed by atoms with Gasteiger partial charge in [0.05, 0.1) is 11.8 Å². The number of hydrogen-bond donors (Lipinski definition) is 3. The van der Waals surface area contributed by atoms with Crippen LogP contribution in [0.15, 0.2) is 24.3 Å². The van der Waals surface area contributed by atoms with Crippen molar-refractivity contribution in [2.45, 2.75) is 33.5 Å². The molecule has 5 nitrogen and oxygen atoms in total. The molecule has 0 aromatic heterocycles. The Morgan fingerprint density at radius 2 is 1.95 bits per heavy atom. The van der Waals surface area contributed by atoms with E-state index in [9.17, 15) is 18.7 Å². The predicted octanol–water partition coefficient (Wildman–Crippen LogP) is 2.82. The van der Waals surface area contributed by atoms with Crippen molar-refractivity contribution in [1.82, 2.24) is 5.32 Å². The summed E-state index contributed by atoms with van der Waals surface area (Å²) < 4.78 is 28.8. The largest absolute Gasteiger partial charge is 0.433 e. The van der Waals surface area contributed by atoms with Gasteiger partial charge in [-0.25, -0.2) is 4.79 Å². The Labute approximate surface area is 122 Å². The summed E-state index contributed by atoms with van der Waals surface area (Å²) in [6, 6.07) is 5.26. The molecule has 21 heavy (non-hydrogen) atoms. The van der Waals surface area contributed by atoms with Crippen LogP contribution in [-0.2, 0) is 0 Å². The third-order valence-corrected chi connectivity index (χ3v) is 2.81. The molecule has 0 aliphatic carbocycles. The number of carbonyl (C=O) groups is 1. The number of nitrogens with one attached hydrogen (secondary N) is 2. The van der Waals surface area contributed by atoms with Crippen LogP contribution in [0.25, 0.3) is 0 Å². The van der Waals surface area contributed by atoms with Crippen molar-refractivity contribution in [3.63, 3.8) is 0 Å². The van der Waals surface area contributed by atoms with Crippen molar-refractivity contribution in [3.05, 3.63) is 24.3 Å². The Bertz CT molecular complexity index is 476. The number of para-hydroxylation sites is 2. The number of amides is 2. The summed E-state index contributed by atoms with van der Waals surface area (Å²) in [6.07, 6.45) is -0.726. The zero-order chi connectivity index (χ0) is 16.0. The molecule has 1 rings (SSSR count). The molecule has 0 spiro atoms. The minimum atomic E-state index is -2.97. The predicted molar refractivity (Wildman–Crippen MR) is 75.6 cm³/mol. The minimum Gasteiger partial charge on any atom is -0.433 e. The van der Waals surface area contributed by atoms with Crippen LogP contribution < -0.4 is 15.4 Å². The maximum Gasteiger partial charge on any atom is 0.387 e. The monoisotopic (exact) mass is 302 g/mol. The van der Waals surface area contributed by atoms with Gasteiger partial charge in [-0.2, -0.15) is 8.78 Å². The summed E-state index contributed by atoms with van der Waals surface area (Å²) in [5.74, 6) is -0.126. The molecule has 7 heteroatoms. The molecule has 2 amide bonds. The van der Waals surface area contributed by atoms with E-state index in [1.807, 2.05) is 20.8 Å². The number of rotatable bonds is 5. The average Bonchev–Trinajstić information content (AvgIpc) is 2.36. The van der Waals surface area contributed by atoms with Crippen LogP contribution in [0.3, 0.4) is 0 Å². The van der Waals surface area contributed by atoms with Crippen molar-refractivity contribution in [2.24, 2.45) is 5.41 Å². The molecular formula is C14H20F2N2O3. The van der Waals surface area contributed by atoms with E-state index >= 15 is 0 Å². The Morgan fingerprint density at radius 3 is 2.52 bits per heavy atom. The standard InChI is InChI=1S/C14H20F2N2O3/c1-14(2,3)11(19)8-17-13(20)18-9-6-4-5-7-10(9)21-12(15)16/h4-7,11-12,19H,8H2,1-3H3,(H2,17,18,20). The summed E-state index contributed by atoms with van der Waals surface area (Å²) in [5, 5.41) is 14.7. The van der Waals surface area contributed by atoms with Crippen molar-refractivity contribution in [3.8, 4) is 5.75 Å². The van der Waals surface area contributed by atoms with Crippen LogP contribution in [0.5, 0.6) is 5.75 Å². The van der Waals surface area contributed by atoms with E-state index in [4.69, 9.17) is 0 Å². The smallest absolute Gasteiger partial charge is 0.387 e. The molecule has 0 saturated heterocycles. The van der Waals surface area contributed by atoms with Crippen LogP contribution >= 0.6 is 0 Å². The molecule has 118 valence electrons. The Morgan fingerprint density at radius 1 is 1.33 bits per heavy atom. The number of aliphatic hydroxyl groups is 1. The maximum atomic E-state index is 12.2. The third kappa shape index (κ3) is 5.95. The fourth-order valence-electron chi connectivity index (χ4n) is 1.43. The summed E-state index contributed by atoms with van der Waals surface area (Å²) in [4.78, 5) is 11.7. The molecule has 1 unspecified atom stereocenters. The molecule has 1 atom stereocenters. The first kappa shape index (κ1) is 17.2. The topological polar surface area (TPSA) is 70.6 Å². The van der Waals surface area contributed by atoms with Crippen LogP contribution in [0, 0.1) is 5.41 Å². The fourth-order valence-corrected chi connectivity index (χ4v) is 1.43. The SMILES string of the molecule is CC(C)(C)C(O)CNC(=O)Nc1ccccc1OC(F)F. The number of halogens is 2. The Kier molecular flexibility index (Phi) is 5.90. The average molecular weight is 302 g/mol. The van der Waals surface area contributed by atoms with Gasteiger partial charge >= 0.3 is 12.6 Å². The van der Waals surface area contributed by atoms with Gasteiger partial charge in [-0.15, -0.1) is 0 Å². The normalized spacial score (nSPS) is 12.9. The van der Waals surface area contributed by atoms with Gasteiger partial charge in [0, 0.05) is 6.54 Å². The second-order valence-electron chi connectivity index (χ2n) is 5.59. The Balaban J connectivity index is 2.59. The highest BCUT2D eigenvalue weighted by atomic mass is 19.3. The van der Waals surface area contributed by atoms with Crippen LogP contribution in [-0.4, -0.2) is 30.4 Å². The molecule has 1 aromatic carbocycles. The van der Waals surface area contributed by atoms with Gasteiger partial charge in [0.2, 0.25) is 0 Å². The molecule has 0 saturated carbocycles. The van der Waals surface area contributed by atoms with E-state index in [0.717, 1.165) is 0 Å². The number of aliphatic hydroxyl groups excluding tert-OH is 1. The van der Waals surface area contributed by atoms with Gasteiger partial charge in [0.15, 0.2) is 0 Å². The highest BCUT2D eigenvalue weighted by Gasteiger charge is 2.22. The van der Waals surface area contributed by atoms with Crippen LogP contribution in [0.1, 0.15) is 20.8 Å². The second-order valence-corrected chi connectivity index (χ2v) is 5.59. The van der Waals surface area contributed by atoms with Gasteiger partial charge in [0.25, 0.3) is 0 Å². The summed E-state index contributed by atoms with van der Waals surface area (Å²) >= 11 is 0.